The fraction of sp³-hybridized carbons (Fsp3) is 0.0870. The second kappa shape index (κ2) is 8.34. The Hall–Kier alpha value is -3.71. The van der Waals surface area contributed by atoms with Crippen molar-refractivity contribution in [1.29, 1.82) is 0 Å². The van der Waals surface area contributed by atoms with Crippen molar-refractivity contribution in [2.75, 3.05) is 0 Å². The van der Waals surface area contributed by atoms with Crippen LogP contribution in [0.5, 0.6) is 5.75 Å². The number of nitrogens with zero attached hydrogens (tertiary/aromatic N) is 1. The maximum absolute atomic E-state index is 12.5. The summed E-state index contributed by atoms with van der Waals surface area (Å²) in [5, 5.41) is 14.6. The van der Waals surface area contributed by atoms with Crippen LogP contribution in [-0.4, -0.2) is 21.0 Å². The van der Waals surface area contributed by atoms with Crippen LogP contribution in [0.25, 0.3) is 22.5 Å². The molecular weight excluding hydrogens is 398 g/mol. The number of amides is 1. The number of aromatic amines is 1. The summed E-state index contributed by atoms with van der Waals surface area (Å²) in [6.07, 6.45) is 0. The lowest BCUT2D eigenvalue weighted by Crippen LogP contribution is -2.22. The average Bonchev–Trinajstić information content (AvgIpc) is 3.27. The van der Waals surface area contributed by atoms with Gasteiger partial charge in [0, 0.05) is 16.0 Å². The number of thiophene rings is 1. The number of aryl methyl sites for hydroxylation is 1. The number of nitrogens with one attached hydrogen (secondary N) is 2. The summed E-state index contributed by atoms with van der Waals surface area (Å²) < 4.78 is 0. The van der Waals surface area contributed by atoms with E-state index in [9.17, 15) is 14.7 Å². The predicted octanol–water partition coefficient (Wildman–Crippen LogP) is 4.11. The van der Waals surface area contributed by atoms with E-state index in [1.54, 1.807) is 60.7 Å². The summed E-state index contributed by atoms with van der Waals surface area (Å²) in [4.78, 5) is 32.6. The van der Waals surface area contributed by atoms with E-state index in [-0.39, 0.29) is 11.7 Å². The smallest absolute Gasteiger partial charge is 0.345 e. The van der Waals surface area contributed by atoms with E-state index >= 15 is 0 Å². The Kier molecular flexibility index (Phi) is 5.45. The molecule has 0 aliphatic heterocycles. The minimum Gasteiger partial charge on any atom is -0.508 e. The van der Waals surface area contributed by atoms with Gasteiger partial charge in [-0.2, -0.15) is 4.98 Å². The number of H-pyrrole nitrogens is 1. The van der Waals surface area contributed by atoms with Crippen LogP contribution in [0.3, 0.4) is 0 Å². The molecule has 150 valence electrons. The van der Waals surface area contributed by atoms with Gasteiger partial charge >= 0.3 is 5.69 Å². The van der Waals surface area contributed by atoms with Crippen LogP contribution in [0.2, 0.25) is 0 Å². The number of phenolic OH excluding ortho intramolecular Hbond substituents is 1. The number of hydrogen-bond acceptors (Lipinski definition) is 5. The summed E-state index contributed by atoms with van der Waals surface area (Å²) in [7, 11) is 0. The number of benzene rings is 2. The van der Waals surface area contributed by atoms with Crippen LogP contribution in [0.4, 0.5) is 0 Å². The SMILES string of the molecule is Cc1cc(-c2cc(-c3cccc(C(=O)NCc4cccs4)c3)[nH]c(=O)n2)ccc1O. The average molecular weight is 417 g/mol. The van der Waals surface area contributed by atoms with E-state index < -0.39 is 5.69 Å². The third-order valence-electron chi connectivity index (χ3n) is 4.68. The molecule has 2 aromatic heterocycles. The largest absolute Gasteiger partial charge is 0.508 e. The van der Waals surface area contributed by atoms with Crippen molar-refractivity contribution < 1.29 is 9.90 Å². The third-order valence-corrected chi connectivity index (χ3v) is 5.55. The molecule has 0 atom stereocenters. The van der Waals surface area contributed by atoms with Crippen molar-refractivity contribution in [3.8, 4) is 28.3 Å². The first-order valence-electron chi connectivity index (χ1n) is 9.32. The highest BCUT2D eigenvalue weighted by atomic mass is 32.1. The summed E-state index contributed by atoms with van der Waals surface area (Å²) in [6, 6.07) is 17.8. The molecule has 0 bridgehead atoms. The minimum absolute atomic E-state index is 0.184. The maximum atomic E-state index is 12.5. The Morgan fingerprint density at radius 3 is 2.73 bits per heavy atom. The molecule has 0 unspecified atom stereocenters. The molecule has 0 spiro atoms. The molecule has 30 heavy (non-hydrogen) atoms. The summed E-state index contributed by atoms with van der Waals surface area (Å²) >= 11 is 1.59. The molecule has 0 radical (unpaired) electrons. The molecule has 0 saturated carbocycles. The van der Waals surface area contributed by atoms with Gasteiger partial charge in [-0.3, -0.25) is 4.79 Å². The van der Waals surface area contributed by atoms with Crippen molar-refractivity contribution in [1.82, 2.24) is 15.3 Å². The molecule has 2 heterocycles. The van der Waals surface area contributed by atoms with Crippen molar-refractivity contribution in [2.24, 2.45) is 0 Å². The second-order valence-corrected chi connectivity index (χ2v) is 7.86. The van der Waals surface area contributed by atoms with Crippen molar-refractivity contribution in [3.63, 3.8) is 0 Å². The van der Waals surface area contributed by atoms with Crippen molar-refractivity contribution in [3.05, 3.63) is 92.5 Å². The van der Waals surface area contributed by atoms with E-state index in [2.05, 4.69) is 15.3 Å². The van der Waals surface area contributed by atoms with Gasteiger partial charge in [0.25, 0.3) is 5.91 Å². The molecule has 0 fully saturated rings. The monoisotopic (exact) mass is 417 g/mol. The van der Waals surface area contributed by atoms with E-state index in [0.29, 0.717) is 34.6 Å². The highest BCUT2D eigenvalue weighted by Crippen LogP contribution is 2.26. The molecule has 0 aliphatic rings. The van der Waals surface area contributed by atoms with Crippen LogP contribution in [-0.2, 0) is 6.54 Å². The Labute approximate surface area is 176 Å². The van der Waals surface area contributed by atoms with Gasteiger partial charge in [0.15, 0.2) is 0 Å². The van der Waals surface area contributed by atoms with Gasteiger partial charge in [-0.1, -0.05) is 18.2 Å². The second-order valence-electron chi connectivity index (χ2n) is 6.83. The molecule has 4 rings (SSSR count). The number of aromatic hydroxyl groups is 1. The molecule has 0 saturated heterocycles. The molecule has 1 amide bonds. The topological polar surface area (TPSA) is 95.1 Å². The van der Waals surface area contributed by atoms with Gasteiger partial charge in [-0.15, -0.1) is 11.3 Å². The van der Waals surface area contributed by atoms with Gasteiger partial charge in [-0.25, -0.2) is 4.79 Å². The highest BCUT2D eigenvalue weighted by Gasteiger charge is 2.11. The quantitative estimate of drug-likeness (QED) is 0.455. The minimum atomic E-state index is -0.485. The maximum Gasteiger partial charge on any atom is 0.345 e. The zero-order valence-electron chi connectivity index (χ0n) is 16.2. The summed E-state index contributed by atoms with van der Waals surface area (Å²) in [5.41, 5.74) is 3.19. The van der Waals surface area contributed by atoms with E-state index in [4.69, 9.17) is 0 Å². The number of phenols is 1. The van der Waals surface area contributed by atoms with E-state index in [1.165, 1.54) is 0 Å². The van der Waals surface area contributed by atoms with Gasteiger partial charge in [-0.05, 0) is 65.9 Å². The van der Waals surface area contributed by atoms with Crippen LogP contribution in [0, 0.1) is 6.92 Å². The fourth-order valence-corrected chi connectivity index (χ4v) is 3.73. The number of aromatic nitrogens is 2. The Bertz CT molecular complexity index is 1260. The van der Waals surface area contributed by atoms with Gasteiger partial charge in [0.1, 0.15) is 5.75 Å². The third kappa shape index (κ3) is 4.31. The first kappa shape index (κ1) is 19.6. The van der Waals surface area contributed by atoms with Gasteiger partial charge in [0.05, 0.1) is 17.9 Å². The molecule has 6 nitrogen and oxygen atoms in total. The first-order chi connectivity index (χ1) is 14.5. The predicted molar refractivity (Wildman–Crippen MR) is 118 cm³/mol. The van der Waals surface area contributed by atoms with Crippen LogP contribution >= 0.6 is 11.3 Å². The molecule has 0 aliphatic carbocycles. The Balaban J connectivity index is 1.63. The summed E-state index contributed by atoms with van der Waals surface area (Å²) in [5.74, 6) is 0.00103. The van der Waals surface area contributed by atoms with Crippen LogP contribution in [0.1, 0.15) is 20.8 Å². The lowest BCUT2D eigenvalue weighted by Gasteiger charge is -2.08. The first-order valence-corrected chi connectivity index (χ1v) is 10.2. The van der Waals surface area contributed by atoms with E-state index in [1.807, 2.05) is 23.6 Å². The van der Waals surface area contributed by atoms with Crippen LogP contribution in [0.15, 0.2) is 70.8 Å². The highest BCUT2D eigenvalue weighted by molar-refractivity contribution is 7.09. The number of carbonyl (C=O) groups excluding carboxylic acids is 1. The molecule has 2 aromatic carbocycles. The number of carbonyl (C=O) groups is 1. The van der Waals surface area contributed by atoms with Crippen molar-refractivity contribution in [2.45, 2.75) is 13.5 Å². The normalized spacial score (nSPS) is 10.7. The van der Waals surface area contributed by atoms with Crippen LogP contribution < -0.4 is 11.0 Å². The summed E-state index contributed by atoms with van der Waals surface area (Å²) in [6.45, 7) is 2.25. The number of hydrogen-bond donors (Lipinski definition) is 3. The van der Waals surface area contributed by atoms with Gasteiger partial charge < -0.3 is 15.4 Å². The molecule has 4 aromatic rings. The lowest BCUT2D eigenvalue weighted by atomic mass is 10.0. The zero-order chi connectivity index (χ0) is 21.1. The Morgan fingerprint density at radius 1 is 1.10 bits per heavy atom. The lowest BCUT2D eigenvalue weighted by molar-refractivity contribution is 0.0951. The Morgan fingerprint density at radius 2 is 1.97 bits per heavy atom. The van der Waals surface area contributed by atoms with E-state index in [0.717, 1.165) is 10.4 Å². The van der Waals surface area contributed by atoms with Crippen molar-refractivity contribution >= 4 is 17.2 Å². The standard InChI is InChI=1S/C23H19N3O3S/c1-14-10-16(7-8-21(14)27)20-12-19(25-23(29)26-20)15-4-2-5-17(11-15)22(28)24-13-18-6-3-9-30-18/h2-12,27H,13H2,1H3,(H,24,28)(H,25,26,29). The van der Waals surface area contributed by atoms with Gasteiger partial charge in [0.2, 0.25) is 0 Å². The zero-order valence-corrected chi connectivity index (χ0v) is 17.0. The molecule has 3 N–H and O–H groups in total. The molecule has 7 heteroatoms. The number of rotatable bonds is 5. The fourth-order valence-electron chi connectivity index (χ4n) is 3.09. The molecular formula is C23H19N3O3S.